The van der Waals surface area contributed by atoms with E-state index in [1.807, 2.05) is 0 Å². The molecule has 0 N–H and O–H groups in total. The second-order valence-electron chi connectivity index (χ2n) is 11.8. The molecule has 0 spiro atoms. The van der Waals surface area contributed by atoms with E-state index in [2.05, 4.69) is 206 Å². The predicted molar refractivity (Wildman–Crippen MR) is 233 cm³/mol. The first-order valence-corrected chi connectivity index (χ1v) is 19.9. The van der Waals surface area contributed by atoms with Crippen molar-refractivity contribution in [3.63, 3.8) is 0 Å². The third-order valence-electron chi connectivity index (χ3n) is 9.04. The topological polar surface area (TPSA) is 0 Å². The maximum Gasteiger partial charge on any atom is 0.116 e. The molecule has 0 aromatic heterocycles. The molecule has 50 heavy (non-hydrogen) atoms. The number of hydrogen-bond acceptors (Lipinski definition) is 0. The van der Waals surface area contributed by atoms with E-state index < -0.39 is 14.5 Å². The zero-order valence-electron chi connectivity index (χ0n) is 27.6. The number of rotatable bonds is 10. The van der Waals surface area contributed by atoms with Crippen LogP contribution in [-0.2, 0) is 12.3 Å². The molecule has 7 aromatic carbocycles. The van der Waals surface area contributed by atoms with Crippen LogP contribution in [0.2, 0.25) is 0 Å². The van der Waals surface area contributed by atoms with E-state index in [4.69, 9.17) is 0 Å². The summed E-state index contributed by atoms with van der Waals surface area (Å²) in [6, 6.07) is 76.7. The second kappa shape index (κ2) is 19.2. The Morgan fingerprint density at radius 3 is 0.540 bits per heavy atom. The van der Waals surface area contributed by atoms with E-state index in [0.717, 1.165) is 12.3 Å². The molecule has 0 fully saturated rings. The van der Waals surface area contributed by atoms with Crippen LogP contribution in [-0.4, -0.2) is 0 Å². The van der Waals surface area contributed by atoms with Crippen molar-refractivity contribution < 1.29 is 0 Å². The monoisotopic (exact) mass is 772 g/mol. The van der Waals surface area contributed by atoms with Gasteiger partial charge in [-0.1, -0.05) is 133 Å². The first-order valence-electron chi connectivity index (χ1n) is 16.0. The van der Waals surface area contributed by atoms with Crippen molar-refractivity contribution >= 4 is 96.0 Å². The highest BCUT2D eigenvalue weighted by molar-refractivity contribution is 7.95. The Bertz CT molecular complexity index is 1620. The van der Waals surface area contributed by atoms with Crippen molar-refractivity contribution in [1.29, 1.82) is 0 Å². The molecule has 0 aliphatic carbocycles. The van der Waals surface area contributed by atoms with Gasteiger partial charge in [-0.2, -0.15) is 0 Å². The van der Waals surface area contributed by atoms with Crippen molar-refractivity contribution in [2.24, 2.45) is 0 Å². The maximum absolute atomic E-state index is 2.40. The van der Waals surface area contributed by atoms with E-state index in [9.17, 15) is 0 Å². The Labute approximate surface area is 323 Å². The summed E-state index contributed by atoms with van der Waals surface area (Å²) >= 11 is 0. The summed E-state index contributed by atoms with van der Waals surface area (Å²) < 4.78 is 0. The lowest BCUT2D eigenvalue weighted by Crippen LogP contribution is -2.32. The van der Waals surface area contributed by atoms with Crippen LogP contribution in [0.4, 0.5) is 0 Å². The van der Waals surface area contributed by atoms with Gasteiger partial charge in [0.1, 0.15) is 46.4 Å². The predicted octanol–water partition coefficient (Wildman–Crippen LogP) is 10.4. The van der Waals surface area contributed by atoms with Crippen molar-refractivity contribution in [3.05, 3.63) is 217 Å². The smallest absolute Gasteiger partial charge is 0.116 e. The molecule has 7 rings (SSSR count). The van der Waals surface area contributed by atoms with Crippen molar-refractivity contribution in [2.45, 2.75) is 12.3 Å². The minimum Gasteiger partial charge on any atom is -0.147 e. The van der Waals surface area contributed by atoms with Gasteiger partial charge < -0.3 is 0 Å². The lowest BCUT2D eigenvalue weighted by atomic mass is 10.2. The number of halogens is 4. The Morgan fingerprint density at radius 2 is 0.380 bits per heavy atom. The molecule has 0 radical (unpaired) electrons. The summed E-state index contributed by atoms with van der Waals surface area (Å²) in [4.78, 5) is 0. The lowest BCUT2D eigenvalue weighted by molar-refractivity contribution is 1.32. The van der Waals surface area contributed by atoms with Crippen LogP contribution in [0, 0.1) is 0 Å². The standard InChI is InChI=1S/C44H38P2.4ClH/c1-7-19-39(20-8-1)45(40-21-9-2-10-22-40,41-23-11-3-12-24-41)35-37-31-33-38(34-32-37)36-46(42-25-13-4-14-26-42,43-27-15-5-16-28-43)44-29-17-6-18-30-44;;;;/h1-34H,35-36H2;4*1H/q+2;;;;. The van der Waals surface area contributed by atoms with Gasteiger partial charge in [0.25, 0.3) is 0 Å². The van der Waals surface area contributed by atoms with E-state index in [1.54, 1.807) is 0 Å². The van der Waals surface area contributed by atoms with E-state index >= 15 is 0 Å². The average Bonchev–Trinajstić information content (AvgIpc) is 3.16. The minimum atomic E-state index is -1.97. The normalized spacial score (nSPS) is 10.7. The van der Waals surface area contributed by atoms with Crippen LogP contribution >= 0.6 is 64.2 Å². The van der Waals surface area contributed by atoms with Gasteiger partial charge in [-0.3, -0.25) is 0 Å². The van der Waals surface area contributed by atoms with E-state index in [1.165, 1.54) is 43.0 Å². The van der Waals surface area contributed by atoms with Gasteiger partial charge in [0.15, 0.2) is 0 Å². The lowest BCUT2D eigenvalue weighted by Gasteiger charge is -2.29. The molecule has 0 saturated heterocycles. The molecule has 254 valence electrons. The highest BCUT2D eigenvalue weighted by Crippen LogP contribution is 2.59. The summed E-state index contributed by atoms with van der Waals surface area (Å²) in [6.07, 6.45) is 1.95. The summed E-state index contributed by atoms with van der Waals surface area (Å²) in [7, 11) is -3.94. The Balaban J connectivity index is 0.00000169. The van der Waals surface area contributed by atoms with E-state index in [-0.39, 0.29) is 49.6 Å². The van der Waals surface area contributed by atoms with Crippen LogP contribution in [0.1, 0.15) is 11.1 Å². The third kappa shape index (κ3) is 8.36. The van der Waals surface area contributed by atoms with Gasteiger partial charge in [0.2, 0.25) is 0 Å². The fraction of sp³-hybridized carbons (Fsp3) is 0.0455. The Morgan fingerprint density at radius 1 is 0.220 bits per heavy atom. The fourth-order valence-corrected chi connectivity index (χ4v) is 15.3. The van der Waals surface area contributed by atoms with Gasteiger partial charge >= 0.3 is 0 Å². The zero-order valence-corrected chi connectivity index (χ0v) is 32.6. The first kappa shape index (κ1) is 41.0. The van der Waals surface area contributed by atoms with Crippen molar-refractivity contribution in [3.8, 4) is 0 Å². The maximum atomic E-state index is 2.40. The summed E-state index contributed by atoms with van der Waals surface area (Å²) in [5.41, 5.74) is 2.74. The Kier molecular flexibility index (Phi) is 15.8. The summed E-state index contributed by atoms with van der Waals surface area (Å²) in [6.45, 7) is 0. The fourth-order valence-electron chi connectivity index (χ4n) is 6.83. The van der Waals surface area contributed by atoms with E-state index in [0.29, 0.717) is 0 Å². The molecule has 0 heterocycles. The van der Waals surface area contributed by atoms with Gasteiger partial charge in [0, 0.05) is 0 Å². The highest BCUT2D eigenvalue weighted by Gasteiger charge is 2.47. The summed E-state index contributed by atoms with van der Waals surface area (Å²) in [5.74, 6) is 0. The second-order valence-corrected chi connectivity index (χ2v) is 18.7. The SMILES string of the molecule is Cl.Cl.Cl.Cl.c1ccc([P+](Cc2ccc(C[P+](c3ccccc3)(c3ccccc3)c3ccccc3)cc2)(c2ccccc2)c2ccccc2)cc1. The highest BCUT2D eigenvalue weighted by atomic mass is 35.5. The van der Waals surface area contributed by atoms with Crippen molar-refractivity contribution in [2.75, 3.05) is 0 Å². The van der Waals surface area contributed by atoms with Crippen LogP contribution in [0.5, 0.6) is 0 Å². The third-order valence-corrected chi connectivity index (χ3v) is 17.8. The molecule has 0 unspecified atom stereocenters. The zero-order chi connectivity index (χ0) is 31.1. The van der Waals surface area contributed by atoms with Crippen LogP contribution in [0.3, 0.4) is 0 Å². The molecule has 0 amide bonds. The number of hydrogen-bond donors (Lipinski definition) is 0. The minimum absolute atomic E-state index is 0. The van der Waals surface area contributed by atoms with Crippen LogP contribution in [0.15, 0.2) is 206 Å². The van der Waals surface area contributed by atoms with Gasteiger partial charge in [-0.05, 0) is 83.9 Å². The molecular formula is C44H42Cl4P2+2. The molecule has 0 aliphatic rings. The van der Waals surface area contributed by atoms with Gasteiger partial charge in [0.05, 0.1) is 12.3 Å². The molecule has 7 aromatic rings. The average molecular weight is 775 g/mol. The summed E-state index contributed by atoms with van der Waals surface area (Å²) in [5, 5.41) is 8.49. The van der Waals surface area contributed by atoms with Crippen molar-refractivity contribution in [1.82, 2.24) is 0 Å². The van der Waals surface area contributed by atoms with Gasteiger partial charge in [-0.25, -0.2) is 0 Å². The quantitative estimate of drug-likeness (QED) is 0.121. The molecule has 0 aliphatic heterocycles. The molecule has 6 heteroatoms. The van der Waals surface area contributed by atoms with Crippen LogP contribution < -0.4 is 31.8 Å². The van der Waals surface area contributed by atoms with Gasteiger partial charge in [-0.15, -0.1) is 49.6 Å². The number of benzene rings is 7. The Hall–Kier alpha value is -3.44. The molecule has 0 atom stereocenters. The molecule has 0 bridgehead atoms. The molecule has 0 saturated carbocycles. The van der Waals surface area contributed by atoms with Crippen LogP contribution in [0.25, 0.3) is 0 Å². The molecule has 0 nitrogen and oxygen atoms in total. The molecular weight excluding hydrogens is 732 g/mol. The first-order chi connectivity index (χ1) is 22.8. The largest absolute Gasteiger partial charge is 0.147 e.